The van der Waals surface area contributed by atoms with Gasteiger partial charge in [0, 0.05) is 6.42 Å². The van der Waals surface area contributed by atoms with Crippen LogP contribution in [0.15, 0.2) is 29.4 Å². The molecule has 0 spiro atoms. The zero-order valence-electron chi connectivity index (χ0n) is 13.5. The van der Waals surface area contributed by atoms with Gasteiger partial charge in [0.05, 0.1) is 6.07 Å². The highest BCUT2D eigenvalue weighted by molar-refractivity contribution is 8.00. The number of aromatic nitrogens is 3. The van der Waals surface area contributed by atoms with Crippen LogP contribution in [0.5, 0.6) is 0 Å². The van der Waals surface area contributed by atoms with Gasteiger partial charge in [-0.2, -0.15) is 5.26 Å². The summed E-state index contributed by atoms with van der Waals surface area (Å²) in [5, 5.41) is 17.3. The molecule has 2 aromatic rings. The Balaban J connectivity index is 1.57. The van der Waals surface area contributed by atoms with Crippen molar-refractivity contribution in [1.82, 2.24) is 15.2 Å². The Kier molecular flexibility index (Phi) is 5.35. The van der Waals surface area contributed by atoms with Gasteiger partial charge in [0.15, 0.2) is 0 Å². The van der Waals surface area contributed by atoms with E-state index in [1.807, 2.05) is 0 Å². The summed E-state index contributed by atoms with van der Waals surface area (Å²) in [5.41, 5.74) is 2.41. The summed E-state index contributed by atoms with van der Waals surface area (Å²) in [7, 11) is 0. The van der Waals surface area contributed by atoms with Gasteiger partial charge in [-0.25, -0.2) is 4.98 Å². The number of nitrogens with one attached hydrogen (secondary N) is 1. The molecule has 23 heavy (non-hydrogen) atoms. The van der Waals surface area contributed by atoms with E-state index in [2.05, 4.69) is 52.4 Å². The standard InChI is InChI=1S/C18H22N4S/c1-13-6-8-15(9-7-13)10-16(12-19)23-18-20-17(21-22-18)11-14-4-2-3-5-14/h6-9,14,16H,2-5,10-11H2,1H3,(H,20,21,22). The lowest BCUT2D eigenvalue weighted by molar-refractivity contribution is 0.531. The Hall–Kier alpha value is -1.80. The van der Waals surface area contributed by atoms with Gasteiger partial charge in [0.2, 0.25) is 5.16 Å². The van der Waals surface area contributed by atoms with Gasteiger partial charge < -0.3 is 0 Å². The molecule has 1 saturated carbocycles. The number of aryl methyl sites for hydroxylation is 1. The fourth-order valence-corrected chi connectivity index (χ4v) is 3.93. The molecule has 0 amide bonds. The van der Waals surface area contributed by atoms with Crippen LogP contribution < -0.4 is 0 Å². The molecule has 1 atom stereocenters. The van der Waals surface area contributed by atoms with Crippen molar-refractivity contribution in [2.75, 3.05) is 0 Å². The van der Waals surface area contributed by atoms with Gasteiger partial charge in [-0.05, 0) is 24.8 Å². The molecule has 1 aliphatic rings. The Labute approximate surface area is 141 Å². The van der Waals surface area contributed by atoms with E-state index in [0.29, 0.717) is 11.6 Å². The normalized spacial score (nSPS) is 16.3. The lowest BCUT2D eigenvalue weighted by Crippen LogP contribution is -2.04. The number of aromatic amines is 1. The van der Waals surface area contributed by atoms with Crippen molar-refractivity contribution in [3.8, 4) is 6.07 Å². The Morgan fingerprint density at radius 3 is 2.74 bits per heavy atom. The smallest absolute Gasteiger partial charge is 0.209 e. The fourth-order valence-electron chi connectivity index (χ4n) is 3.09. The number of thioether (sulfide) groups is 1. The molecule has 1 unspecified atom stereocenters. The minimum atomic E-state index is -0.159. The van der Waals surface area contributed by atoms with Crippen LogP contribution in [0.2, 0.25) is 0 Å². The van der Waals surface area contributed by atoms with Crippen molar-refractivity contribution in [2.45, 2.75) is 55.9 Å². The van der Waals surface area contributed by atoms with Gasteiger partial charge in [0.25, 0.3) is 0 Å². The largest absolute Gasteiger partial charge is 0.262 e. The zero-order valence-corrected chi connectivity index (χ0v) is 14.3. The van der Waals surface area contributed by atoms with Crippen molar-refractivity contribution >= 4 is 11.8 Å². The summed E-state index contributed by atoms with van der Waals surface area (Å²) < 4.78 is 0. The number of benzene rings is 1. The maximum Gasteiger partial charge on any atom is 0.209 e. The van der Waals surface area contributed by atoms with Crippen molar-refractivity contribution in [3.05, 3.63) is 41.2 Å². The summed E-state index contributed by atoms with van der Waals surface area (Å²) in [6.45, 7) is 2.07. The SMILES string of the molecule is Cc1ccc(CC(C#N)Sc2n[nH]c(CC3CCCC3)n2)cc1. The van der Waals surface area contributed by atoms with Crippen LogP contribution in [0.4, 0.5) is 0 Å². The first-order valence-electron chi connectivity index (χ1n) is 8.26. The Morgan fingerprint density at radius 2 is 2.04 bits per heavy atom. The quantitative estimate of drug-likeness (QED) is 0.813. The number of rotatable bonds is 6. The predicted octanol–water partition coefficient (Wildman–Crippen LogP) is 4.07. The van der Waals surface area contributed by atoms with Crippen LogP contribution in [0.25, 0.3) is 0 Å². The Bertz CT molecular complexity index is 665. The van der Waals surface area contributed by atoms with Gasteiger partial charge >= 0.3 is 0 Å². The topological polar surface area (TPSA) is 65.4 Å². The van der Waals surface area contributed by atoms with Gasteiger partial charge in [-0.15, -0.1) is 5.10 Å². The molecule has 0 saturated heterocycles. The molecule has 1 aromatic carbocycles. The first-order valence-corrected chi connectivity index (χ1v) is 9.14. The first kappa shape index (κ1) is 16.1. The van der Waals surface area contributed by atoms with Gasteiger partial charge in [0.1, 0.15) is 11.1 Å². The molecule has 0 aliphatic heterocycles. The monoisotopic (exact) mass is 326 g/mol. The molecule has 0 bridgehead atoms. The molecule has 3 rings (SSSR count). The highest BCUT2D eigenvalue weighted by Gasteiger charge is 2.19. The third kappa shape index (κ3) is 4.59. The van der Waals surface area contributed by atoms with Crippen molar-refractivity contribution in [3.63, 3.8) is 0 Å². The third-order valence-electron chi connectivity index (χ3n) is 4.40. The van der Waals surface area contributed by atoms with E-state index in [-0.39, 0.29) is 5.25 Å². The number of H-pyrrole nitrogens is 1. The molecule has 120 valence electrons. The second-order valence-electron chi connectivity index (χ2n) is 6.34. The second kappa shape index (κ2) is 7.65. The Morgan fingerprint density at radius 1 is 1.30 bits per heavy atom. The summed E-state index contributed by atoms with van der Waals surface area (Å²) in [6.07, 6.45) is 6.99. The predicted molar refractivity (Wildman–Crippen MR) is 92.2 cm³/mol. The van der Waals surface area contributed by atoms with Crippen LogP contribution in [0.3, 0.4) is 0 Å². The van der Waals surface area contributed by atoms with E-state index in [4.69, 9.17) is 0 Å². The van der Waals surface area contributed by atoms with Crippen LogP contribution in [0.1, 0.15) is 42.6 Å². The lowest BCUT2D eigenvalue weighted by Gasteiger charge is -2.07. The lowest BCUT2D eigenvalue weighted by atomic mass is 10.0. The summed E-state index contributed by atoms with van der Waals surface area (Å²) in [6, 6.07) is 10.7. The van der Waals surface area contributed by atoms with Crippen molar-refractivity contribution < 1.29 is 0 Å². The molecule has 1 N–H and O–H groups in total. The van der Waals surface area contributed by atoms with E-state index >= 15 is 0 Å². The highest BCUT2D eigenvalue weighted by Crippen LogP contribution is 2.28. The van der Waals surface area contributed by atoms with Crippen LogP contribution >= 0.6 is 11.8 Å². The molecule has 1 aromatic heterocycles. The molecule has 1 heterocycles. The summed E-state index contributed by atoms with van der Waals surface area (Å²) >= 11 is 1.45. The average Bonchev–Trinajstić information content (AvgIpc) is 3.21. The highest BCUT2D eigenvalue weighted by atomic mass is 32.2. The van der Waals surface area contributed by atoms with E-state index < -0.39 is 0 Å². The van der Waals surface area contributed by atoms with Crippen molar-refractivity contribution in [2.24, 2.45) is 5.92 Å². The average molecular weight is 326 g/mol. The number of nitrogens with zero attached hydrogens (tertiary/aromatic N) is 3. The maximum absolute atomic E-state index is 9.40. The van der Waals surface area contributed by atoms with Gasteiger partial charge in [-0.1, -0.05) is 67.3 Å². The minimum Gasteiger partial charge on any atom is -0.262 e. The second-order valence-corrected chi connectivity index (χ2v) is 7.51. The molecule has 5 heteroatoms. The van der Waals surface area contributed by atoms with E-state index in [1.54, 1.807) is 0 Å². The van der Waals surface area contributed by atoms with Crippen LogP contribution in [-0.2, 0) is 12.8 Å². The molecule has 4 nitrogen and oxygen atoms in total. The molecule has 0 radical (unpaired) electrons. The maximum atomic E-state index is 9.40. The van der Waals surface area contributed by atoms with Crippen molar-refractivity contribution in [1.29, 1.82) is 5.26 Å². The number of hydrogen-bond donors (Lipinski definition) is 1. The third-order valence-corrected chi connectivity index (χ3v) is 5.35. The van der Waals surface area contributed by atoms with E-state index in [0.717, 1.165) is 18.2 Å². The number of nitriles is 1. The number of hydrogen-bond acceptors (Lipinski definition) is 4. The zero-order chi connectivity index (χ0) is 16.1. The first-order chi connectivity index (χ1) is 11.2. The molecular weight excluding hydrogens is 304 g/mol. The summed E-state index contributed by atoms with van der Waals surface area (Å²) in [4.78, 5) is 4.56. The van der Waals surface area contributed by atoms with E-state index in [1.165, 1.54) is 48.6 Å². The van der Waals surface area contributed by atoms with Crippen LogP contribution in [-0.4, -0.2) is 20.4 Å². The van der Waals surface area contributed by atoms with Crippen LogP contribution in [0, 0.1) is 24.2 Å². The molecule has 1 fully saturated rings. The van der Waals surface area contributed by atoms with Gasteiger partial charge in [-0.3, -0.25) is 5.10 Å². The molecule has 1 aliphatic carbocycles. The summed E-state index contributed by atoms with van der Waals surface area (Å²) in [5.74, 6) is 1.71. The molecular formula is C18H22N4S. The fraction of sp³-hybridized carbons (Fsp3) is 0.500. The van der Waals surface area contributed by atoms with E-state index in [9.17, 15) is 5.26 Å². The minimum absolute atomic E-state index is 0.159.